The van der Waals surface area contributed by atoms with Crippen molar-refractivity contribution in [1.82, 2.24) is 10.2 Å². The quantitative estimate of drug-likeness (QED) is 0.259. The number of carbonyl (C=O) groups excluding carboxylic acids is 1. The number of rotatable bonds is 8. The van der Waals surface area contributed by atoms with Crippen molar-refractivity contribution in [3.63, 3.8) is 0 Å². The van der Waals surface area contributed by atoms with Gasteiger partial charge in [-0.05, 0) is 47.7 Å². The van der Waals surface area contributed by atoms with Gasteiger partial charge < -0.3 is 32.7 Å². The van der Waals surface area contributed by atoms with Gasteiger partial charge in [0.1, 0.15) is 5.82 Å². The molecular weight excluding hydrogens is 423 g/mol. The van der Waals surface area contributed by atoms with E-state index in [1.807, 2.05) is 12.1 Å². The molecule has 0 saturated heterocycles. The van der Waals surface area contributed by atoms with E-state index >= 15 is 0 Å². The molecule has 0 radical (unpaired) electrons. The molecule has 3 rings (SSSR count). The normalized spacial score (nSPS) is 16.6. The number of nitrogens with two attached hydrogens (primary N) is 3. The first-order chi connectivity index (χ1) is 15.6. The van der Waals surface area contributed by atoms with E-state index in [1.54, 1.807) is 31.0 Å². The van der Waals surface area contributed by atoms with Gasteiger partial charge in [-0.15, -0.1) is 0 Å². The molecule has 2 aromatic carbocycles. The lowest BCUT2D eigenvalue weighted by molar-refractivity contribution is -0.120. The van der Waals surface area contributed by atoms with Crippen LogP contribution in [0, 0.1) is 24.1 Å². The first kappa shape index (κ1) is 23.8. The Morgan fingerprint density at radius 2 is 2.00 bits per heavy atom. The molecule has 0 heterocycles. The number of benzene rings is 2. The number of hydrogen-bond donors (Lipinski definition) is 6. The minimum Gasteiger partial charge on any atom is -0.376 e. The third-order valence-electron chi connectivity index (χ3n) is 5.78. The molecule has 10 heteroatoms. The number of carbonyl (C=O) groups is 1. The molecule has 1 amide bonds. The van der Waals surface area contributed by atoms with Gasteiger partial charge in [0.15, 0.2) is 11.9 Å². The lowest BCUT2D eigenvalue weighted by atomic mass is 10.0. The van der Waals surface area contributed by atoms with Crippen molar-refractivity contribution in [3.05, 3.63) is 64.5 Å². The number of aliphatic imine (C=N–C) groups is 1. The molecule has 0 bridgehead atoms. The summed E-state index contributed by atoms with van der Waals surface area (Å²) in [6.45, 7) is 2.57. The van der Waals surface area contributed by atoms with Gasteiger partial charge in [-0.2, -0.15) is 0 Å². The average Bonchev–Trinajstić information content (AvgIpc) is 3.09. The summed E-state index contributed by atoms with van der Waals surface area (Å²) in [5.41, 5.74) is 20.8. The molecule has 0 fully saturated rings. The number of anilines is 1. The highest BCUT2D eigenvalue weighted by Crippen LogP contribution is 2.37. The standard InChI is InChI=1S/C23H31FN8O/c1-13-3-5-17(9-19(13)24)29-11-20(33)31-21-16(10-30-22(25)26)8-15-7-14(4-6-18(15)21)12-32(2)23(27)28/h3-7,9,16,21,29H,8,10-12H2,1-2H3,(H3,27,28)(H,31,33)(H4,25,26,30)/t16-,21-/m1/s1. The first-order valence-corrected chi connectivity index (χ1v) is 10.7. The number of aryl methyl sites for hydroxylation is 1. The largest absolute Gasteiger partial charge is 0.376 e. The number of hydrogen-bond acceptors (Lipinski definition) is 4. The van der Waals surface area contributed by atoms with Gasteiger partial charge in [0, 0.05) is 31.7 Å². The molecule has 2 atom stereocenters. The Balaban J connectivity index is 1.73. The fourth-order valence-corrected chi connectivity index (χ4v) is 3.95. The molecule has 1 aliphatic carbocycles. The summed E-state index contributed by atoms with van der Waals surface area (Å²) in [6.07, 6.45) is 0.700. The summed E-state index contributed by atoms with van der Waals surface area (Å²) in [6, 6.07) is 10.5. The van der Waals surface area contributed by atoms with E-state index in [2.05, 4.69) is 21.7 Å². The molecule has 0 spiro atoms. The Morgan fingerprint density at radius 3 is 2.67 bits per heavy atom. The van der Waals surface area contributed by atoms with E-state index < -0.39 is 0 Å². The number of nitrogens with zero attached hydrogens (tertiary/aromatic N) is 2. The van der Waals surface area contributed by atoms with Crippen molar-refractivity contribution in [2.45, 2.75) is 25.9 Å². The number of nitrogens with one attached hydrogen (secondary N) is 3. The minimum absolute atomic E-state index is 0.00266. The Kier molecular flexibility index (Phi) is 7.37. The van der Waals surface area contributed by atoms with Crippen LogP contribution in [0.2, 0.25) is 0 Å². The van der Waals surface area contributed by atoms with Crippen LogP contribution >= 0.6 is 0 Å². The molecule has 0 saturated carbocycles. The summed E-state index contributed by atoms with van der Waals surface area (Å²) >= 11 is 0. The van der Waals surface area contributed by atoms with Gasteiger partial charge in [-0.1, -0.05) is 24.3 Å². The zero-order chi connectivity index (χ0) is 24.1. The second-order valence-electron chi connectivity index (χ2n) is 8.37. The van der Waals surface area contributed by atoms with Gasteiger partial charge in [0.05, 0.1) is 12.6 Å². The molecular formula is C23H31FN8O. The van der Waals surface area contributed by atoms with Crippen molar-refractivity contribution in [3.8, 4) is 0 Å². The highest BCUT2D eigenvalue weighted by molar-refractivity contribution is 5.81. The van der Waals surface area contributed by atoms with Gasteiger partial charge in [-0.25, -0.2) is 4.39 Å². The molecule has 176 valence electrons. The number of guanidine groups is 2. The van der Waals surface area contributed by atoms with Gasteiger partial charge in [0.2, 0.25) is 5.91 Å². The van der Waals surface area contributed by atoms with E-state index in [0.717, 1.165) is 16.7 Å². The topological polar surface area (TPSA) is 159 Å². The molecule has 1 aliphatic rings. The zero-order valence-electron chi connectivity index (χ0n) is 18.9. The van der Waals surface area contributed by atoms with Crippen LogP contribution in [-0.2, 0) is 17.8 Å². The van der Waals surface area contributed by atoms with E-state index in [9.17, 15) is 9.18 Å². The lowest BCUT2D eigenvalue weighted by Gasteiger charge is -2.21. The van der Waals surface area contributed by atoms with Crippen molar-refractivity contribution in [2.24, 2.45) is 28.1 Å². The minimum atomic E-state index is -0.325. The lowest BCUT2D eigenvalue weighted by Crippen LogP contribution is -2.36. The van der Waals surface area contributed by atoms with Gasteiger partial charge >= 0.3 is 0 Å². The van der Waals surface area contributed by atoms with Crippen LogP contribution in [0.25, 0.3) is 0 Å². The second-order valence-corrected chi connectivity index (χ2v) is 8.37. The molecule has 0 unspecified atom stereocenters. The van der Waals surface area contributed by atoms with E-state index in [0.29, 0.717) is 30.8 Å². The Hall–Kier alpha value is -3.82. The van der Waals surface area contributed by atoms with Crippen molar-refractivity contribution in [1.29, 1.82) is 5.41 Å². The summed E-state index contributed by atoms with van der Waals surface area (Å²) < 4.78 is 13.8. The molecule has 0 aromatic heterocycles. The zero-order valence-corrected chi connectivity index (χ0v) is 18.9. The molecule has 2 aromatic rings. The third-order valence-corrected chi connectivity index (χ3v) is 5.78. The van der Waals surface area contributed by atoms with Crippen LogP contribution in [0.4, 0.5) is 10.1 Å². The first-order valence-electron chi connectivity index (χ1n) is 10.7. The molecule has 9 N–H and O–H groups in total. The van der Waals surface area contributed by atoms with E-state index in [-0.39, 0.29) is 42.1 Å². The predicted octanol–water partition coefficient (Wildman–Crippen LogP) is 1.17. The highest BCUT2D eigenvalue weighted by atomic mass is 19.1. The fraction of sp³-hybridized carbons (Fsp3) is 0.348. The maximum Gasteiger partial charge on any atom is 0.239 e. The van der Waals surface area contributed by atoms with Crippen LogP contribution in [0.1, 0.15) is 28.3 Å². The van der Waals surface area contributed by atoms with Crippen LogP contribution < -0.4 is 27.8 Å². The smallest absolute Gasteiger partial charge is 0.239 e. The monoisotopic (exact) mass is 454 g/mol. The fourth-order valence-electron chi connectivity index (χ4n) is 3.95. The van der Waals surface area contributed by atoms with Crippen LogP contribution in [0.3, 0.4) is 0 Å². The molecule has 9 nitrogen and oxygen atoms in total. The second kappa shape index (κ2) is 10.2. The summed E-state index contributed by atoms with van der Waals surface area (Å²) in [5, 5.41) is 13.6. The molecule has 0 aliphatic heterocycles. The van der Waals surface area contributed by atoms with E-state index in [1.165, 1.54) is 6.07 Å². The average molecular weight is 455 g/mol. The van der Waals surface area contributed by atoms with Crippen LogP contribution in [-0.4, -0.2) is 42.9 Å². The predicted molar refractivity (Wildman–Crippen MR) is 128 cm³/mol. The Bertz CT molecular complexity index is 1070. The SMILES string of the molecule is Cc1ccc(NCC(=O)N[C@H]2c3ccc(CN(C)C(=N)N)cc3C[C@@H]2CN=C(N)N)cc1F. The highest BCUT2D eigenvalue weighted by Gasteiger charge is 2.33. The number of fused-ring (bicyclic) bond motifs is 1. The van der Waals surface area contributed by atoms with Crippen LogP contribution in [0.15, 0.2) is 41.4 Å². The summed E-state index contributed by atoms with van der Waals surface area (Å²) in [5.74, 6) is -0.559. The maximum absolute atomic E-state index is 13.8. The van der Waals surface area contributed by atoms with E-state index in [4.69, 9.17) is 22.6 Å². The van der Waals surface area contributed by atoms with Crippen molar-refractivity contribution < 1.29 is 9.18 Å². The number of amides is 1. The third kappa shape index (κ3) is 6.12. The number of halogens is 1. The van der Waals surface area contributed by atoms with Gasteiger partial charge in [0.25, 0.3) is 0 Å². The Labute approximate surface area is 192 Å². The Morgan fingerprint density at radius 1 is 1.24 bits per heavy atom. The van der Waals surface area contributed by atoms with Gasteiger partial charge in [-0.3, -0.25) is 15.2 Å². The van der Waals surface area contributed by atoms with Crippen LogP contribution in [0.5, 0.6) is 0 Å². The van der Waals surface area contributed by atoms with Crippen molar-refractivity contribution >= 4 is 23.5 Å². The van der Waals surface area contributed by atoms with Crippen molar-refractivity contribution in [2.75, 3.05) is 25.5 Å². The summed E-state index contributed by atoms with van der Waals surface area (Å²) in [4.78, 5) is 18.5. The maximum atomic E-state index is 13.8. The summed E-state index contributed by atoms with van der Waals surface area (Å²) in [7, 11) is 1.76. The molecule has 33 heavy (non-hydrogen) atoms.